The third-order valence-electron chi connectivity index (χ3n) is 3.13. The molecule has 0 radical (unpaired) electrons. The van der Waals surface area contributed by atoms with Gasteiger partial charge in [-0.2, -0.15) is 11.8 Å². The van der Waals surface area contributed by atoms with Crippen LogP contribution in [0.4, 0.5) is 0 Å². The molecule has 0 amide bonds. The molecule has 2 aliphatic rings. The highest BCUT2D eigenvalue weighted by Gasteiger charge is 2.31. The predicted molar refractivity (Wildman–Crippen MR) is 60.4 cm³/mol. The fourth-order valence-electron chi connectivity index (χ4n) is 2.27. The van der Waals surface area contributed by atoms with E-state index in [0.29, 0.717) is 0 Å². The van der Waals surface area contributed by atoms with Crippen molar-refractivity contribution in [1.82, 2.24) is 4.90 Å². The van der Waals surface area contributed by atoms with Crippen LogP contribution in [-0.4, -0.2) is 35.0 Å². The summed E-state index contributed by atoms with van der Waals surface area (Å²) < 4.78 is 0. The zero-order chi connectivity index (χ0) is 9.10. The van der Waals surface area contributed by atoms with Gasteiger partial charge in [0.25, 0.3) is 0 Å². The monoisotopic (exact) mass is 199 g/mol. The maximum atomic E-state index is 2.75. The van der Waals surface area contributed by atoms with Crippen molar-refractivity contribution in [2.75, 3.05) is 18.8 Å². The summed E-state index contributed by atoms with van der Waals surface area (Å²) in [5, 5.41) is 0.938. The molecule has 1 nitrogen and oxygen atoms in total. The lowest BCUT2D eigenvalue weighted by Crippen LogP contribution is -2.31. The lowest BCUT2D eigenvalue weighted by Gasteiger charge is -2.23. The predicted octanol–water partition coefficient (Wildman–Crippen LogP) is 2.76. The smallest absolute Gasteiger partial charge is 0.0175 e. The average molecular weight is 199 g/mol. The van der Waals surface area contributed by atoms with Crippen LogP contribution in [0.15, 0.2) is 0 Å². The molecule has 2 rings (SSSR count). The second-order valence-electron chi connectivity index (χ2n) is 4.30. The highest BCUT2D eigenvalue weighted by Crippen LogP contribution is 2.31. The molecule has 1 aliphatic carbocycles. The van der Waals surface area contributed by atoms with E-state index in [1.165, 1.54) is 50.9 Å². The molecule has 2 fully saturated rings. The Bertz CT molecular complexity index is 156. The molecule has 1 aliphatic heterocycles. The molecular weight excluding hydrogens is 178 g/mol. The SMILES string of the molecule is CCSC1CCCCN(C2CC2)C1. The lowest BCUT2D eigenvalue weighted by molar-refractivity contribution is 0.277. The molecule has 1 heterocycles. The summed E-state index contributed by atoms with van der Waals surface area (Å²) in [5.74, 6) is 1.29. The second-order valence-corrected chi connectivity index (χ2v) is 5.88. The first-order chi connectivity index (χ1) is 6.40. The maximum absolute atomic E-state index is 2.75. The first-order valence-corrected chi connectivity index (χ1v) is 6.80. The van der Waals surface area contributed by atoms with Gasteiger partial charge in [0.05, 0.1) is 0 Å². The van der Waals surface area contributed by atoms with Crippen molar-refractivity contribution >= 4 is 11.8 Å². The van der Waals surface area contributed by atoms with Crippen LogP contribution in [0, 0.1) is 0 Å². The number of thioether (sulfide) groups is 1. The normalized spacial score (nSPS) is 31.6. The van der Waals surface area contributed by atoms with Gasteiger partial charge in [0.2, 0.25) is 0 Å². The molecule has 76 valence electrons. The first kappa shape index (κ1) is 9.85. The molecule has 0 bridgehead atoms. The van der Waals surface area contributed by atoms with Crippen LogP contribution in [-0.2, 0) is 0 Å². The van der Waals surface area contributed by atoms with Crippen molar-refractivity contribution in [3.63, 3.8) is 0 Å². The molecule has 2 heteroatoms. The van der Waals surface area contributed by atoms with Crippen LogP contribution >= 0.6 is 11.8 Å². The van der Waals surface area contributed by atoms with Gasteiger partial charge in [-0.25, -0.2) is 0 Å². The van der Waals surface area contributed by atoms with E-state index in [0.717, 1.165) is 11.3 Å². The molecule has 0 spiro atoms. The van der Waals surface area contributed by atoms with Gasteiger partial charge in [-0.05, 0) is 38.0 Å². The Morgan fingerprint density at radius 3 is 2.77 bits per heavy atom. The average Bonchev–Trinajstić information content (AvgIpc) is 2.90. The van der Waals surface area contributed by atoms with E-state index >= 15 is 0 Å². The van der Waals surface area contributed by atoms with Crippen molar-refractivity contribution in [1.29, 1.82) is 0 Å². The minimum atomic E-state index is 0.938. The van der Waals surface area contributed by atoms with Crippen LogP contribution < -0.4 is 0 Å². The Hall–Kier alpha value is 0.310. The standard InChI is InChI=1S/C11H21NS/c1-2-13-11-5-3-4-8-12(9-11)10-6-7-10/h10-11H,2-9H2,1H3. The number of hydrogen-bond donors (Lipinski definition) is 0. The Morgan fingerprint density at radius 2 is 2.08 bits per heavy atom. The zero-order valence-corrected chi connectivity index (χ0v) is 9.48. The van der Waals surface area contributed by atoms with Crippen LogP contribution in [0.25, 0.3) is 0 Å². The Kier molecular flexibility index (Phi) is 3.56. The maximum Gasteiger partial charge on any atom is 0.0175 e. The van der Waals surface area contributed by atoms with Gasteiger partial charge in [-0.3, -0.25) is 4.90 Å². The van der Waals surface area contributed by atoms with Gasteiger partial charge in [-0.15, -0.1) is 0 Å². The molecule has 13 heavy (non-hydrogen) atoms. The van der Waals surface area contributed by atoms with Crippen molar-refractivity contribution in [3.8, 4) is 0 Å². The Balaban J connectivity index is 1.82. The summed E-state index contributed by atoms with van der Waals surface area (Å²) in [7, 11) is 0. The fraction of sp³-hybridized carbons (Fsp3) is 1.00. The Morgan fingerprint density at radius 1 is 1.23 bits per heavy atom. The minimum Gasteiger partial charge on any atom is -0.299 e. The van der Waals surface area contributed by atoms with E-state index in [4.69, 9.17) is 0 Å². The largest absolute Gasteiger partial charge is 0.299 e. The van der Waals surface area contributed by atoms with E-state index in [1.807, 2.05) is 0 Å². The van der Waals surface area contributed by atoms with E-state index < -0.39 is 0 Å². The first-order valence-electron chi connectivity index (χ1n) is 5.76. The molecule has 0 aromatic heterocycles. The van der Waals surface area contributed by atoms with Gasteiger partial charge in [-0.1, -0.05) is 13.3 Å². The Labute approximate surface area is 86.3 Å². The van der Waals surface area contributed by atoms with Crippen LogP contribution in [0.3, 0.4) is 0 Å². The second kappa shape index (κ2) is 4.70. The molecule has 1 unspecified atom stereocenters. The third-order valence-corrected chi connectivity index (χ3v) is 4.31. The minimum absolute atomic E-state index is 0.938. The van der Waals surface area contributed by atoms with Crippen molar-refractivity contribution in [2.24, 2.45) is 0 Å². The van der Waals surface area contributed by atoms with Gasteiger partial charge < -0.3 is 0 Å². The van der Waals surface area contributed by atoms with Crippen molar-refractivity contribution < 1.29 is 0 Å². The van der Waals surface area contributed by atoms with Crippen molar-refractivity contribution in [2.45, 2.75) is 50.3 Å². The number of hydrogen-bond acceptors (Lipinski definition) is 2. The molecule has 0 aromatic carbocycles. The molecule has 1 atom stereocenters. The van der Waals surface area contributed by atoms with E-state index in [9.17, 15) is 0 Å². The van der Waals surface area contributed by atoms with Crippen molar-refractivity contribution in [3.05, 3.63) is 0 Å². The summed E-state index contributed by atoms with van der Waals surface area (Å²) in [6, 6.07) is 0.984. The summed E-state index contributed by atoms with van der Waals surface area (Å²) in [4.78, 5) is 2.75. The van der Waals surface area contributed by atoms with Gasteiger partial charge >= 0.3 is 0 Å². The molecule has 1 saturated heterocycles. The number of likely N-dealkylation sites (tertiary alicyclic amines) is 1. The quantitative estimate of drug-likeness (QED) is 0.687. The van der Waals surface area contributed by atoms with E-state index in [-0.39, 0.29) is 0 Å². The van der Waals surface area contributed by atoms with Gasteiger partial charge in [0.15, 0.2) is 0 Å². The lowest BCUT2D eigenvalue weighted by atomic mass is 10.2. The summed E-state index contributed by atoms with van der Waals surface area (Å²) in [6.45, 7) is 5.05. The number of rotatable bonds is 3. The highest BCUT2D eigenvalue weighted by atomic mass is 32.2. The van der Waals surface area contributed by atoms with E-state index in [2.05, 4.69) is 23.6 Å². The topological polar surface area (TPSA) is 3.24 Å². The van der Waals surface area contributed by atoms with E-state index in [1.54, 1.807) is 0 Å². The third kappa shape index (κ3) is 2.88. The summed E-state index contributed by atoms with van der Waals surface area (Å²) >= 11 is 2.17. The summed E-state index contributed by atoms with van der Waals surface area (Å²) in [5.41, 5.74) is 0. The number of nitrogens with zero attached hydrogens (tertiary/aromatic N) is 1. The molecule has 0 N–H and O–H groups in total. The molecule has 1 saturated carbocycles. The molecular formula is C11H21NS. The van der Waals surface area contributed by atoms with Crippen LogP contribution in [0.2, 0.25) is 0 Å². The van der Waals surface area contributed by atoms with Gasteiger partial charge in [0, 0.05) is 17.8 Å². The van der Waals surface area contributed by atoms with Crippen LogP contribution in [0.5, 0.6) is 0 Å². The summed E-state index contributed by atoms with van der Waals surface area (Å²) in [6.07, 6.45) is 7.31. The molecule has 0 aromatic rings. The fourth-order valence-corrected chi connectivity index (χ4v) is 3.38. The zero-order valence-electron chi connectivity index (χ0n) is 8.67. The highest BCUT2D eigenvalue weighted by molar-refractivity contribution is 7.99. The van der Waals surface area contributed by atoms with Crippen LogP contribution in [0.1, 0.15) is 39.0 Å². The van der Waals surface area contributed by atoms with Gasteiger partial charge in [0.1, 0.15) is 0 Å².